The fraction of sp³-hybridized carbons (Fsp3) is 0.154. The Morgan fingerprint density at radius 2 is 2.22 bits per heavy atom. The number of aromatic amines is 2. The van der Waals surface area contributed by atoms with Gasteiger partial charge in [0.2, 0.25) is 0 Å². The van der Waals surface area contributed by atoms with Gasteiger partial charge in [-0.05, 0) is 18.1 Å². The number of nitrogens with one attached hydrogen (secondary N) is 2. The predicted octanol–water partition coefficient (Wildman–Crippen LogP) is 1.93. The van der Waals surface area contributed by atoms with E-state index in [-0.39, 0.29) is 11.2 Å². The summed E-state index contributed by atoms with van der Waals surface area (Å²) in [4.78, 5) is 14.4. The molecule has 0 radical (unpaired) electrons. The third kappa shape index (κ3) is 1.52. The third-order valence-corrected chi connectivity index (χ3v) is 3.17. The Kier molecular flexibility index (Phi) is 2.26. The molecule has 2 aromatic heterocycles. The van der Waals surface area contributed by atoms with Crippen LogP contribution in [0.5, 0.6) is 0 Å². The molecule has 4 N–H and O–H groups in total. The summed E-state index contributed by atoms with van der Waals surface area (Å²) in [7, 11) is 0. The maximum Gasteiger partial charge on any atom is 0.303 e. The van der Waals surface area contributed by atoms with Crippen molar-refractivity contribution >= 4 is 16.6 Å². The van der Waals surface area contributed by atoms with Crippen LogP contribution in [0.1, 0.15) is 16.9 Å². The molecule has 0 atom stereocenters. The number of aryl methyl sites for hydroxylation is 1. The van der Waals surface area contributed by atoms with Gasteiger partial charge in [-0.3, -0.25) is 4.79 Å². The number of hydrogen-bond acceptors (Lipinski definition) is 3. The molecule has 18 heavy (non-hydrogen) atoms. The van der Waals surface area contributed by atoms with Gasteiger partial charge in [0, 0.05) is 23.5 Å². The first kappa shape index (κ1) is 10.7. The summed E-state index contributed by atoms with van der Waals surface area (Å²) >= 11 is 0. The first-order valence-electron chi connectivity index (χ1n) is 5.68. The Morgan fingerprint density at radius 1 is 1.39 bits per heavy atom. The van der Waals surface area contributed by atoms with Crippen LogP contribution in [-0.2, 0) is 6.42 Å². The minimum absolute atomic E-state index is 0.150. The minimum atomic E-state index is -0.374. The van der Waals surface area contributed by atoms with E-state index in [0.29, 0.717) is 12.2 Å². The van der Waals surface area contributed by atoms with Gasteiger partial charge < -0.3 is 15.2 Å². The lowest BCUT2D eigenvalue weighted by molar-refractivity contribution is 0.385. The zero-order valence-corrected chi connectivity index (χ0v) is 9.91. The summed E-state index contributed by atoms with van der Waals surface area (Å²) in [5.41, 5.74) is 8.76. The number of benzene rings is 1. The molecule has 0 spiro atoms. The van der Waals surface area contributed by atoms with Crippen LogP contribution in [0.25, 0.3) is 10.9 Å². The molecule has 0 saturated heterocycles. The highest BCUT2D eigenvalue weighted by Gasteiger charge is 2.12. The van der Waals surface area contributed by atoms with Gasteiger partial charge in [0.1, 0.15) is 5.69 Å². The average molecular weight is 243 g/mol. The summed E-state index contributed by atoms with van der Waals surface area (Å²) in [5, 5.41) is 3.37. The van der Waals surface area contributed by atoms with Crippen molar-refractivity contribution in [2.24, 2.45) is 0 Å². The Balaban J connectivity index is 2.08. The smallest absolute Gasteiger partial charge is 0.303 e. The second kappa shape index (κ2) is 3.80. The number of nitrogen functional groups attached to an aromatic ring is 1. The van der Waals surface area contributed by atoms with Crippen LogP contribution in [0, 0.1) is 6.92 Å². The normalized spacial score (nSPS) is 11.2. The van der Waals surface area contributed by atoms with Crippen molar-refractivity contribution < 1.29 is 4.52 Å². The molecule has 0 aliphatic rings. The molecule has 3 aromatic rings. The summed E-state index contributed by atoms with van der Waals surface area (Å²) in [6.07, 6.45) is 2.41. The van der Waals surface area contributed by atoms with Gasteiger partial charge in [-0.1, -0.05) is 18.2 Å². The first-order chi connectivity index (χ1) is 8.66. The molecule has 1 aromatic carbocycles. The fourth-order valence-electron chi connectivity index (χ4n) is 2.16. The van der Waals surface area contributed by atoms with Crippen LogP contribution in [0.15, 0.2) is 33.7 Å². The van der Waals surface area contributed by atoms with Crippen LogP contribution in [0.3, 0.4) is 0 Å². The zero-order chi connectivity index (χ0) is 12.7. The standard InChI is InChI=1S/C13H13N3O2/c1-7-3-2-4-9-8(6-15-12(7)9)5-10-11(14)13(17)16-18-10/h2-4,6,15H,5,14H2,1H3,(H,16,17). The van der Waals surface area contributed by atoms with Crippen LogP contribution < -0.4 is 11.3 Å². The number of para-hydroxylation sites is 1. The van der Waals surface area contributed by atoms with Crippen molar-refractivity contribution in [3.05, 3.63) is 51.6 Å². The molecule has 0 aliphatic carbocycles. The molecule has 0 bridgehead atoms. The van der Waals surface area contributed by atoms with E-state index in [1.807, 2.05) is 31.3 Å². The highest BCUT2D eigenvalue weighted by atomic mass is 16.5. The number of H-pyrrole nitrogens is 2. The fourth-order valence-corrected chi connectivity index (χ4v) is 2.16. The molecule has 0 amide bonds. The van der Waals surface area contributed by atoms with E-state index in [0.717, 1.165) is 16.5 Å². The number of rotatable bonds is 2. The second-order valence-corrected chi connectivity index (χ2v) is 4.36. The van der Waals surface area contributed by atoms with Gasteiger partial charge in [-0.2, -0.15) is 5.16 Å². The van der Waals surface area contributed by atoms with Crippen molar-refractivity contribution in [1.82, 2.24) is 10.1 Å². The van der Waals surface area contributed by atoms with Crippen molar-refractivity contribution in [3.8, 4) is 0 Å². The molecule has 92 valence electrons. The van der Waals surface area contributed by atoms with E-state index in [1.165, 1.54) is 5.56 Å². The summed E-state index contributed by atoms with van der Waals surface area (Å²) < 4.78 is 5.07. The van der Waals surface area contributed by atoms with Gasteiger partial charge in [0.15, 0.2) is 5.76 Å². The Morgan fingerprint density at radius 3 is 2.94 bits per heavy atom. The topological polar surface area (TPSA) is 87.8 Å². The number of nitrogens with two attached hydrogens (primary N) is 1. The highest BCUT2D eigenvalue weighted by molar-refractivity contribution is 5.86. The van der Waals surface area contributed by atoms with Crippen LogP contribution in [-0.4, -0.2) is 10.1 Å². The molecule has 3 rings (SSSR count). The van der Waals surface area contributed by atoms with E-state index in [2.05, 4.69) is 10.1 Å². The monoisotopic (exact) mass is 243 g/mol. The van der Waals surface area contributed by atoms with Gasteiger partial charge in [-0.25, -0.2) is 0 Å². The lowest BCUT2D eigenvalue weighted by Crippen LogP contribution is -2.05. The minimum Gasteiger partial charge on any atom is -0.391 e. The number of aromatic nitrogens is 2. The molecule has 5 nitrogen and oxygen atoms in total. The lowest BCUT2D eigenvalue weighted by Gasteiger charge is -1.98. The molecule has 0 fully saturated rings. The van der Waals surface area contributed by atoms with E-state index >= 15 is 0 Å². The van der Waals surface area contributed by atoms with Crippen molar-refractivity contribution in [3.63, 3.8) is 0 Å². The first-order valence-corrected chi connectivity index (χ1v) is 5.68. The van der Waals surface area contributed by atoms with Gasteiger partial charge in [-0.15, -0.1) is 0 Å². The highest BCUT2D eigenvalue weighted by Crippen LogP contribution is 2.24. The Labute approximate surface area is 103 Å². The molecular formula is C13H13N3O2. The molecule has 0 saturated carbocycles. The van der Waals surface area contributed by atoms with E-state index in [9.17, 15) is 4.79 Å². The number of hydrogen-bond donors (Lipinski definition) is 3. The summed E-state index contributed by atoms with van der Waals surface area (Å²) in [6, 6.07) is 6.09. The largest absolute Gasteiger partial charge is 0.391 e. The van der Waals surface area contributed by atoms with Crippen LogP contribution in [0.2, 0.25) is 0 Å². The number of anilines is 1. The average Bonchev–Trinajstić information content (AvgIpc) is 2.90. The van der Waals surface area contributed by atoms with Crippen LogP contribution in [0.4, 0.5) is 5.69 Å². The maximum absolute atomic E-state index is 11.2. The SMILES string of the molecule is Cc1cccc2c(Cc3o[nH]c(=O)c3N)c[nH]c12. The predicted molar refractivity (Wildman–Crippen MR) is 69.6 cm³/mol. The van der Waals surface area contributed by atoms with E-state index < -0.39 is 0 Å². The van der Waals surface area contributed by atoms with Crippen molar-refractivity contribution in [2.75, 3.05) is 5.73 Å². The zero-order valence-electron chi connectivity index (χ0n) is 9.91. The molecule has 2 heterocycles. The molecular weight excluding hydrogens is 230 g/mol. The summed E-state index contributed by atoms with van der Waals surface area (Å²) in [5.74, 6) is 0.474. The van der Waals surface area contributed by atoms with Gasteiger partial charge >= 0.3 is 5.56 Å². The van der Waals surface area contributed by atoms with Crippen molar-refractivity contribution in [1.29, 1.82) is 0 Å². The second-order valence-electron chi connectivity index (χ2n) is 4.36. The van der Waals surface area contributed by atoms with Gasteiger partial charge in [0.05, 0.1) is 0 Å². The number of fused-ring (bicyclic) bond motifs is 1. The Bertz CT molecular complexity index is 764. The summed E-state index contributed by atoms with van der Waals surface area (Å²) in [6.45, 7) is 2.05. The quantitative estimate of drug-likeness (QED) is 0.642. The van der Waals surface area contributed by atoms with Crippen LogP contribution >= 0.6 is 0 Å². The van der Waals surface area contributed by atoms with Gasteiger partial charge in [0.25, 0.3) is 0 Å². The molecule has 0 unspecified atom stereocenters. The Hall–Kier alpha value is -2.43. The molecule has 5 heteroatoms. The third-order valence-electron chi connectivity index (χ3n) is 3.17. The van der Waals surface area contributed by atoms with Crippen molar-refractivity contribution in [2.45, 2.75) is 13.3 Å². The van der Waals surface area contributed by atoms with E-state index in [1.54, 1.807) is 0 Å². The maximum atomic E-state index is 11.2. The van der Waals surface area contributed by atoms with E-state index in [4.69, 9.17) is 10.3 Å². The lowest BCUT2D eigenvalue weighted by atomic mass is 10.1. The molecule has 0 aliphatic heterocycles.